The zero-order valence-corrected chi connectivity index (χ0v) is 65.1. The molecule has 1 rings (SSSR count). The Hall–Kier alpha value is -13.2. The fraction of sp³-hybridized carbons (Fsp3) is 0.597. The van der Waals surface area contributed by atoms with Crippen molar-refractivity contribution in [3.8, 4) is 5.75 Å². The van der Waals surface area contributed by atoms with Gasteiger partial charge in [-0.3, -0.25) is 99.0 Å². The van der Waals surface area contributed by atoms with Crippen molar-refractivity contribution in [2.75, 3.05) is 45.9 Å². The van der Waals surface area contributed by atoms with Crippen molar-refractivity contribution >= 4 is 124 Å². The number of guanidine groups is 5. The number of aliphatic carboxylic acids is 3. The third kappa shape index (κ3) is 44.2. The number of amides is 13. The summed E-state index contributed by atoms with van der Waals surface area (Å²) in [4.78, 5) is 218. The van der Waals surface area contributed by atoms with Gasteiger partial charge in [-0.05, 0) is 114 Å². The number of phenols is 1. The topological polar surface area (TPSA) is 880 Å². The highest BCUT2D eigenvalue weighted by Crippen LogP contribution is 2.15. The minimum atomic E-state index is -1.98. The molecule has 12 atom stereocenters. The Kier molecular flexibility index (Phi) is 47.4. The molecule has 0 saturated carbocycles. The fourth-order valence-electron chi connectivity index (χ4n) is 10.8. The molecule has 0 aliphatic carbocycles. The van der Waals surface area contributed by atoms with E-state index in [0.29, 0.717) is 5.56 Å². The van der Waals surface area contributed by atoms with Crippen molar-refractivity contribution < 1.29 is 102 Å². The smallest absolute Gasteiger partial charge is 0.326 e. The van der Waals surface area contributed by atoms with Crippen LogP contribution in [-0.2, 0) is 83.1 Å². The van der Waals surface area contributed by atoms with Crippen molar-refractivity contribution in [2.45, 2.75) is 202 Å². The predicted octanol–water partition coefficient (Wildman–Crippen LogP) is -11.2. The van der Waals surface area contributed by atoms with Gasteiger partial charge in [0.15, 0.2) is 29.8 Å². The summed E-state index contributed by atoms with van der Waals surface area (Å²) in [6, 6.07) is -15.3. The van der Waals surface area contributed by atoms with Crippen LogP contribution in [0.5, 0.6) is 5.75 Å². The molecule has 13 amide bonds. The van der Waals surface area contributed by atoms with Crippen molar-refractivity contribution in [1.29, 1.82) is 27.0 Å². The Morgan fingerprint density at radius 2 is 0.650 bits per heavy atom. The second-order valence-corrected chi connectivity index (χ2v) is 27.1. The maximum atomic E-state index is 14.9. The van der Waals surface area contributed by atoms with Gasteiger partial charge < -0.3 is 156 Å². The maximum absolute atomic E-state index is 14.9. The quantitative estimate of drug-likeness (QED) is 0.0164. The van der Waals surface area contributed by atoms with Gasteiger partial charge in [0.25, 0.3) is 0 Å². The first kappa shape index (κ1) is 102. The van der Waals surface area contributed by atoms with Gasteiger partial charge in [0, 0.05) is 52.0 Å². The number of hydrogen-bond acceptors (Lipinski definition) is 24. The van der Waals surface area contributed by atoms with E-state index in [2.05, 4.69) is 90.4 Å². The van der Waals surface area contributed by atoms with Gasteiger partial charge >= 0.3 is 17.9 Å². The fourth-order valence-corrected chi connectivity index (χ4v) is 10.8. The Labute approximate surface area is 671 Å². The summed E-state index contributed by atoms with van der Waals surface area (Å²) in [5.41, 5.74) is 38.4. The first-order valence-corrected chi connectivity index (χ1v) is 37.0. The van der Waals surface area contributed by atoms with Gasteiger partial charge in [-0.15, -0.1) is 0 Å². The number of aliphatic hydroxyl groups is 1. The molecule has 41 N–H and O–H groups in total. The molecule has 0 fully saturated rings. The number of carboxylic acids is 3. The molecule has 117 heavy (non-hydrogen) atoms. The van der Waals surface area contributed by atoms with E-state index in [1.807, 2.05) is 0 Å². The molecule has 50 nitrogen and oxygen atoms in total. The van der Waals surface area contributed by atoms with Gasteiger partial charge in [-0.2, -0.15) is 0 Å². The summed E-state index contributed by atoms with van der Waals surface area (Å²) < 4.78 is 0. The third-order valence-corrected chi connectivity index (χ3v) is 16.8. The molecule has 1 aromatic rings. The highest BCUT2D eigenvalue weighted by atomic mass is 16.4. The van der Waals surface area contributed by atoms with E-state index in [-0.39, 0.29) is 103 Å². The summed E-state index contributed by atoms with van der Waals surface area (Å²) >= 11 is 0. The van der Waals surface area contributed by atoms with E-state index in [4.69, 9.17) is 67.2 Å². The first-order valence-electron chi connectivity index (χ1n) is 37.0. The number of phenolic OH excluding ortho intramolecular Hbond substituents is 1. The number of carbonyl (C=O) groups is 16. The number of carboxylic acid groups (broad SMARTS) is 3. The predicted molar refractivity (Wildman–Crippen MR) is 417 cm³/mol. The standard InChI is InChI=1S/C67H115N29O21/c1-32(2)27-43(94-60(114)45(29-50(103)104)95-59(113)44(28-34-14-16-35(98)17-15-34)93-51(105)33(3)85-48(100)30-68)58(112)89-39(12-7-25-83-66(76)77)53(107)86-36(9-4-22-80-63(70)71)52(106)87-37(10-5-23-81-64(72)73)55(109)91-41(19-21-49(101)102)56(110)88-38(11-6-24-82-65(74)75)54(108)90-40(18-20-47(69)99)57(111)96-46(31-97)61(115)92-42(62(116)117)13-8-26-84-67(78)79/h14-17,32-33,36-46,97-98H,4-13,18-31,68H2,1-3H3,(H2,69,99)(H,85,100)(H,86,107)(H,87,106)(H,88,110)(H,89,112)(H,90,108)(H,91,109)(H,92,115)(H,93,105)(H,94,114)(H,95,113)(H,96,111)(H,101,102)(H,103,104)(H,116,117)(H4,70,71,80)(H4,72,73,81)(H4,74,75,82)(H4,76,77,83)(H4,78,79,84)/t33-,36-,37-,38-,39-,40-,41-,42-,43-,44-,45-,46-/m0/s1. The maximum Gasteiger partial charge on any atom is 0.326 e. The summed E-state index contributed by atoms with van der Waals surface area (Å²) in [7, 11) is 0. The van der Waals surface area contributed by atoms with Crippen molar-refractivity contribution in [1.82, 2.24) is 90.4 Å². The third-order valence-electron chi connectivity index (χ3n) is 16.8. The van der Waals surface area contributed by atoms with Crippen LogP contribution >= 0.6 is 0 Å². The van der Waals surface area contributed by atoms with E-state index in [1.54, 1.807) is 13.8 Å². The molecule has 0 aromatic heterocycles. The number of aromatic hydroxyl groups is 1. The summed E-state index contributed by atoms with van der Waals surface area (Å²) in [5.74, 6) is -22.3. The van der Waals surface area contributed by atoms with Gasteiger partial charge in [0.05, 0.1) is 19.6 Å². The van der Waals surface area contributed by atoms with Crippen LogP contribution in [-0.4, -0.2) is 268 Å². The Morgan fingerprint density at radius 1 is 0.359 bits per heavy atom. The second kappa shape index (κ2) is 54.5. The van der Waals surface area contributed by atoms with E-state index in [9.17, 15) is 102 Å². The van der Waals surface area contributed by atoms with Crippen LogP contribution in [0.15, 0.2) is 24.3 Å². The molecule has 0 aliphatic heterocycles. The zero-order chi connectivity index (χ0) is 88.6. The minimum absolute atomic E-state index is 0.0286. The zero-order valence-electron chi connectivity index (χ0n) is 65.1. The lowest BCUT2D eigenvalue weighted by Gasteiger charge is -2.29. The van der Waals surface area contributed by atoms with E-state index in [1.165, 1.54) is 31.2 Å². The lowest BCUT2D eigenvalue weighted by atomic mass is 10.0. The monoisotopic (exact) mass is 1660 g/mol. The Balaban J connectivity index is 3.98. The SMILES string of the molecule is CC(C)C[C@H](NC(=O)[C@H](CC(=O)O)NC(=O)[C@H](Cc1ccc(O)cc1)NC(=O)[C@H](C)NC(=O)CN)C(=O)N[C@@H](CCCNC(=N)N)C(=O)N[C@@H](CCCNC(=N)N)C(=O)N[C@@H](CCCNC(=N)N)C(=O)N[C@@H](CCC(=O)O)C(=O)N[C@@H](CCCNC(=N)N)C(=O)N[C@@H](CCC(N)=O)C(=O)N[C@@H](CO)C(=O)N[C@@H](CCCNC(=N)N)C(=O)O. The summed E-state index contributed by atoms with van der Waals surface area (Å²) in [6.07, 6.45) is -6.50. The Bertz CT molecular complexity index is 3610. The molecular weight excluding hydrogens is 1550 g/mol. The molecule has 0 aliphatic rings. The van der Waals surface area contributed by atoms with Gasteiger partial charge in [-0.25, -0.2) is 4.79 Å². The van der Waals surface area contributed by atoms with E-state index >= 15 is 0 Å². The highest BCUT2D eigenvalue weighted by Gasteiger charge is 2.38. The lowest BCUT2D eigenvalue weighted by Crippen LogP contribution is -2.61. The molecule has 50 heteroatoms. The number of benzene rings is 1. The summed E-state index contributed by atoms with van der Waals surface area (Å²) in [5, 5.41) is 129. The van der Waals surface area contributed by atoms with Crippen LogP contribution in [0, 0.1) is 33.0 Å². The van der Waals surface area contributed by atoms with Crippen molar-refractivity contribution in [2.24, 2.45) is 46.1 Å². The van der Waals surface area contributed by atoms with Crippen molar-refractivity contribution in [3.63, 3.8) is 0 Å². The molecule has 0 heterocycles. The second-order valence-electron chi connectivity index (χ2n) is 27.1. The molecule has 0 radical (unpaired) electrons. The number of nitrogens with one attached hydrogen (secondary N) is 22. The molecule has 0 spiro atoms. The first-order chi connectivity index (χ1) is 55.0. The molecule has 0 bridgehead atoms. The number of primary amides is 1. The van der Waals surface area contributed by atoms with Gasteiger partial charge in [0.2, 0.25) is 76.8 Å². The van der Waals surface area contributed by atoms with Crippen molar-refractivity contribution in [3.05, 3.63) is 29.8 Å². The molecule has 654 valence electrons. The lowest BCUT2D eigenvalue weighted by molar-refractivity contribution is -0.143. The Morgan fingerprint density at radius 3 is 0.974 bits per heavy atom. The average Bonchev–Trinajstić information content (AvgIpc) is 0.853. The molecular formula is C67H115N29O21. The minimum Gasteiger partial charge on any atom is -0.508 e. The normalized spacial score (nSPS) is 13.9. The molecule has 1 aromatic carbocycles. The molecule has 0 saturated heterocycles. The number of nitrogens with two attached hydrogens (primary N) is 7. The largest absolute Gasteiger partial charge is 0.508 e. The van der Waals surface area contributed by atoms with E-state index in [0.717, 1.165) is 0 Å². The number of rotatable bonds is 58. The van der Waals surface area contributed by atoms with Crippen LogP contribution < -0.4 is 131 Å². The number of aliphatic hydroxyl groups excluding tert-OH is 1. The van der Waals surface area contributed by atoms with Crippen LogP contribution in [0.3, 0.4) is 0 Å². The van der Waals surface area contributed by atoms with Gasteiger partial charge in [-0.1, -0.05) is 26.0 Å². The van der Waals surface area contributed by atoms with Gasteiger partial charge in [0.1, 0.15) is 78.3 Å². The van der Waals surface area contributed by atoms with Crippen LogP contribution in [0.4, 0.5) is 0 Å². The van der Waals surface area contributed by atoms with Crippen LogP contribution in [0.1, 0.15) is 129 Å². The molecule has 0 unspecified atom stereocenters. The number of carbonyl (C=O) groups excluding carboxylic acids is 13. The number of hydrogen-bond donors (Lipinski definition) is 34. The summed E-state index contributed by atoms with van der Waals surface area (Å²) in [6.45, 7) is 2.42. The van der Waals surface area contributed by atoms with E-state index < -0.39 is 261 Å². The van der Waals surface area contributed by atoms with Crippen LogP contribution in [0.25, 0.3) is 0 Å². The van der Waals surface area contributed by atoms with Crippen LogP contribution in [0.2, 0.25) is 0 Å². The average molecular weight is 1660 g/mol. The highest BCUT2D eigenvalue weighted by molar-refractivity contribution is 6.00.